The third-order valence-electron chi connectivity index (χ3n) is 1.58. The Kier molecular flexibility index (Phi) is 5.84. The fourth-order valence-electron chi connectivity index (χ4n) is 0.866. The third-order valence-corrected chi connectivity index (χ3v) is 1.58. The zero-order valence-electron chi connectivity index (χ0n) is 7.30. The molecule has 0 unspecified atom stereocenters. The number of ether oxygens (including phenoxy) is 1. The van der Waals surface area contributed by atoms with E-state index in [-0.39, 0.29) is 12.0 Å². The van der Waals surface area contributed by atoms with Crippen LogP contribution < -0.4 is 5.73 Å². The second kappa shape index (κ2) is 6.16. The lowest BCUT2D eigenvalue weighted by atomic mass is 10.1. The van der Waals surface area contributed by atoms with Gasteiger partial charge in [-0.05, 0) is 6.42 Å². The summed E-state index contributed by atoms with van der Waals surface area (Å²) >= 11 is 0. The van der Waals surface area contributed by atoms with Crippen LogP contribution in [0.5, 0.6) is 0 Å². The SMILES string of the molecule is CCCC[C@@H](N)CC(=O)OC. The quantitative estimate of drug-likeness (QED) is 0.610. The molecule has 1 atom stereocenters. The highest BCUT2D eigenvalue weighted by Gasteiger charge is 2.07. The van der Waals surface area contributed by atoms with Crippen molar-refractivity contribution in [1.29, 1.82) is 0 Å². The maximum absolute atomic E-state index is 10.7. The van der Waals surface area contributed by atoms with Crippen molar-refractivity contribution in [3.8, 4) is 0 Å². The molecule has 3 heteroatoms. The number of carbonyl (C=O) groups is 1. The van der Waals surface area contributed by atoms with Crippen LogP contribution in [0.1, 0.15) is 32.6 Å². The van der Waals surface area contributed by atoms with Crippen LogP contribution in [0.15, 0.2) is 0 Å². The van der Waals surface area contributed by atoms with E-state index in [4.69, 9.17) is 5.73 Å². The van der Waals surface area contributed by atoms with Gasteiger partial charge in [-0.1, -0.05) is 19.8 Å². The van der Waals surface area contributed by atoms with Gasteiger partial charge in [-0.2, -0.15) is 0 Å². The number of methoxy groups -OCH3 is 1. The van der Waals surface area contributed by atoms with Gasteiger partial charge in [-0.25, -0.2) is 0 Å². The standard InChI is InChI=1S/C8H17NO2/c1-3-4-5-7(9)6-8(10)11-2/h7H,3-6,9H2,1-2H3/t7-/m1/s1. The van der Waals surface area contributed by atoms with E-state index < -0.39 is 0 Å². The lowest BCUT2D eigenvalue weighted by Crippen LogP contribution is -2.24. The molecule has 0 heterocycles. The lowest BCUT2D eigenvalue weighted by Gasteiger charge is -2.07. The van der Waals surface area contributed by atoms with Crippen molar-refractivity contribution in [2.24, 2.45) is 5.73 Å². The molecule has 0 aromatic carbocycles. The largest absolute Gasteiger partial charge is 0.469 e. The maximum atomic E-state index is 10.7. The molecule has 0 aromatic heterocycles. The van der Waals surface area contributed by atoms with Gasteiger partial charge in [0.25, 0.3) is 0 Å². The summed E-state index contributed by atoms with van der Waals surface area (Å²) in [5.74, 6) is -0.214. The number of carbonyl (C=O) groups excluding carboxylic acids is 1. The Balaban J connectivity index is 3.35. The number of rotatable bonds is 5. The summed E-state index contributed by atoms with van der Waals surface area (Å²) in [7, 11) is 1.38. The molecule has 0 spiro atoms. The molecule has 0 rings (SSSR count). The second-order valence-corrected chi connectivity index (χ2v) is 2.68. The average molecular weight is 159 g/mol. The molecule has 66 valence electrons. The zero-order chi connectivity index (χ0) is 8.69. The summed E-state index contributed by atoms with van der Waals surface area (Å²) < 4.78 is 4.48. The van der Waals surface area contributed by atoms with Gasteiger partial charge in [-0.15, -0.1) is 0 Å². The molecule has 0 saturated heterocycles. The Morgan fingerprint density at radius 3 is 2.73 bits per heavy atom. The van der Waals surface area contributed by atoms with Gasteiger partial charge in [-0.3, -0.25) is 4.79 Å². The van der Waals surface area contributed by atoms with Crippen molar-refractivity contribution in [2.45, 2.75) is 38.6 Å². The number of hydrogen-bond donors (Lipinski definition) is 1. The van der Waals surface area contributed by atoms with E-state index in [1.165, 1.54) is 7.11 Å². The van der Waals surface area contributed by atoms with Crippen LogP contribution in [0, 0.1) is 0 Å². The van der Waals surface area contributed by atoms with Crippen LogP contribution in [-0.4, -0.2) is 19.1 Å². The first-order chi connectivity index (χ1) is 5.20. The molecule has 0 aliphatic heterocycles. The molecule has 0 aliphatic rings. The van der Waals surface area contributed by atoms with Gasteiger partial charge >= 0.3 is 5.97 Å². The first-order valence-electron chi connectivity index (χ1n) is 4.03. The Hall–Kier alpha value is -0.570. The van der Waals surface area contributed by atoms with E-state index in [0.717, 1.165) is 19.3 Å². The highest BCUT2D eigenvalue weighted by Crippen LogP contribution is 2.02. The molecule has 2 N–H and O–H groups in total. The lowest BCUT2D eigenvalue weighted by molar-refractivity contribution is -0.141. The summed E-state index contributed by atoms with van der Waals surface area (Å²) in [6, 6.07) is -0.0256. The van der Waals surface area contributed by atoms with E-state index in [9.17, 15) is 4.79 Å². The molecule has 3 nitrogen and oxygen atoms in total. The van der Waals surface area contributed by atoms with Crippen molar-refractivity contribution < 1.29 is 9.53 Å². The third kappa shape index (κ3) is 5.85. The molecule has 0 bridgehead atoms. The fourth-order valence-corrected chi connectivity index (χ4v) is 0.866. The highest BCUT2D eigenvalue weighted by atomic mass is 16.5. The van der Waals surface area contributed by atoms with Crippen molar-refractivity contribution in [3.63, 3.8) is 0 Å². The Morgan fingerprint density at radius 1 is 1.64 bits per heavy atom. The van der Waals surface area contributed by atoms with Gasteiger partial charge in [0, 0.05) is 6.04 Å². The monoisotopic (exact) mass is 159 g/mol. The smallest absolute Gasteiger partial charge is 0.307 e. The molecule has 0 amide bonds. The van der Waals surface area contributed by atoms with Crippen LogP contribution in [0.4, 0.5) is 0 Å². The topological polar surface area (TPSA) is 52.3 Å². The average Bonchev–Trinajstić information content (AvgIpc) is 2.00. The summed E-state index contributed by atoms with van der Waals surface area (Å²) in [6.07, 6.45) is 3.45. The second-order valence-electron chi connectivity index (χ2n) is 2.68. The fraction of sp³-hybridized carbons (Fsp3) is 0.875. The Labute approximate surface area is 67.9 Å². The molecule has 0 aliphatic carbocycles. The van der Waals surface area contributed by atoms with Crippen LogP contribution in [0.25, 0.3) is 0 Å². The van der Waals surface area contributed by atoms with Gasteiger partial charge < -0.3 is 10.5 Å². The predicted molar refractivity (Wildman–Crippen MR) is 44.1 cm³/mol. The van der Waals surface area contributed by atoms with E-state index in [0.29, 0.717) is 6.42 Å². The van der Waals surface area contributed by atoms with E-state index >= 15 is 0 Å². The van der Waals surface area contributed by atoms with Gasteiger partial charge in [0.05, 0.1) is 13.5 Å². The first kappa shape index (κ1) is 10.4. The molecule has 0 saturated carbocycles. The van der Waals surface area contributed by atoms with Crippen LogP contribution in [0.3, 0.4) is 0 Å². The molecular formula is C8H17NO2. The summed E-state index contributed by atoms with van der Waals surface area (Å²) in [6.45, 7) is 2.10. The first-order valence-corrected chi connectivity index (χ1v) is 4.03. The van der Waals surface area contributed by atoms with Gasteiger partial charge in [0.1, 0.15) is 0 Å². The molecule has 11 heavy (non-hydrogen) atoms. The molecule has 0 fully saturated rings. The van der Waals surface area contributed by atoms with Crippen molar-refractivity contribution in [2.75, 3.05) is 7.11 Å². The number of unbranched alkanes of at least 4 members (excludes halogenated alkanes) is 1. The summed E-state index contributed by atoms with van der Waals surface area (Å²) in [5, 5.41) is 0. The Morgan fingerprint density at radius 2 is 2.27 bits per heavy atom. The highest BCUT2D eigenvalue weighted by molar-refractivity contribution is 5.69. The minimum Gasteiger partial charge on any atom is -0.469 e. The summed E-state index contributed by atoms with van der Waals surface area (Å²) in [4.78, 5) is 10.7. The van der Waals surface area contributed by atoms with E-state index in [2.05, 4.69) is 11.7 Å². The van der Waals surface area contributed by atoms with Crippen LogP contribution >= 0.6 is 0 Å². The predicted octanol–water partition coefficient (Wildman–Crippen LogP) is 1.07. The van der Waals surface area contributed by atoms with E-state index in [1.54, 1.807) is 0 Å². The minimum absolute atomic E-state index is 0.0256. The van der Waals surface area contributed by atoms with Crippen molar-refractivity contribution in [1.82, 2.24) is 0 Å². The minimum atomic E-state index is -0.214. The number of hydrogen-bond acceptors (Lipinski definition) is 3. The zero-order valence-corrected chi connectivity index (χ0v) is 7.30. The van der Waals surface area contributed by atoms with Gasteiger partial charge in [0.2, 0.25) is 0 Å². The van der Waals surface area contributed by atoms with Crippen LogP contribution in [0.2, 0.25) is 0 Å². The Bertz CT molecular complexity index is 115. The van der Waals surface area contributed by atoms with Crippen LogP contribution in [-0.2, 0) is 9.53 Å². The van der Waals surface area contributed by atoms with Gasteiger partial charge in [0.15, 0.2) is 0 Å². The van der Waals surface area contributed by atoms with Crippen molar-refractivity contribution >= 4 is 5.97 Å². The summed E-state index contributed by atoms with van der Waals surface area (Å²) in [5.41, 5.74) is 5.64. The maximum Gasteiger partial charge on any atom is 0.307 e. The van der Waals surface area contributed by atoms with E-state index in [1.807, 2.05) is 0 Å². The van der Waals surface area contributed by atoms with Crippen molar-refractivity contribution in [3.05, 3.63) is 0 Å². The normalized spacial score (nSPS) is 12.6. The molecule has 0 aromatic rings. The molecule has 0 radical (unpaired) electrons. The number of esters is 1. The molecular weight excluding hydrogens is 142 g/mol. The number of nitrogens with two attached hydrogens (primary N) is 1.